The lowest BCUT2D eigenvalue weighted by atomic mass is 9.88. The second-order valence-corrected chi connectivity index (χ2v) is 14.3. The molecule has 16 heteroatoms. The van der Waals surface area contributed by atoms with E-state index in [0.29, 0.717) is 11.3 Å². The van der Waals surface area contributed by atoms with Crippen LogP contribution in [0, 0.1) is 0 Å². The maximum atomic E-state index is 5.78. The van der Waals surface area contributed by atoms with Gasteiger partial charge in [-0.05, 0) is 122 Å². The third-order valence-corrected chi connectivity index (χ3v) is 11.9. The highest BCUT2D eigenvalue weighted by atomic mass is 35.5. The van der Waals surface area contributed by atoms with Crippen molar-refractivity contribution in [3.05, 3.63) is 69.8 Å². The quantitative estimate of drug-likeness (QED) is 0.173. The Morgan fingerprint density at radius 2 is 0.909 bits per heavy atom. The molecular formula is C39H62Cl3N3O9S. The minimum Gasteiger partial charge on any atom is -0.493 e. The highest BCUT2D eigenvalue weighted by molar-refractivity contribution is 8.00. The molecule has 0 aliphatic carbocycles. The van der Waals surface area contributed by atoms with Crippen LogP contribution in [0.25, 0.3) is 0 Å². The number of rotatable bonds is 15. The molecule has 55 heavy (non-hydrogen) atoms. The average molecular weight is 855 g/mol. The lowest BCUT2D eigenvalue weighted by Crippen LogP contribution is -2.38. The number of halogens is 3. The minimum absolute atomic E-state index is 0. The van der Waals surface area contributed by atoms with Crippen LogP contribution < -0.4 is 44.4 Å². The van der Waals surface area contributed by atoms with E-state index in [9.17, 15) is 0 Å². The molecule has 0 radical (unpaired) electrons. The van der Waals surface area contributed by atoms with Crippen molar-refractivity contribution in [3.63, 3.8) is 0 Å². The van der Waals surface area contributed by atoms with Crippen LogP contribution in [0.4, 0.5) is 0 Å². The summed E-state index contributed by atoms with van der Waals surface area (Å²) >= 11 is 2.08. The van der Waals surface area contributed by atoms with Crippen molar-refractivity contribution in [2.45, 2.75) is 68.3 Å². The van der Waals surface area contributed by atoms with E-state index in [-0.39, 0.29) is 65.7 Å². The van der Waals surface area contributed by atoms with Gasteiger partial charge in [-0.2, -0.15) is 11.8 Å². The van der Waals surface area contributed by atoms with Crippen LogP contribution in [0.3, 0.4) is 0 Å². The zero-order chi connectivity index (χ0) is 34.3. The largest absolute Gasteiger partial charge is 0.493 e. The van der Waals surface area contributed by atoms with Gasteiger partial charge in [-0.3, -0.25) is 0 Å². The molecule has 3 aromatic carbocycles. The molecule has 0 spiro atoms. The predicted molar refractivity (Wildman–Crippen MR) is 229 cm³/mol. The summed E-state index contributed by atoms with van der Waals surface area (Å²) in [4.78, 5) is 0. The number of benzene rings is 3. The molecule has 12 nitrogen and oxygen atoms in total. The van der Waals surface area contributed by atoms with E-state index in [4.69, 9.17) is 28.4 Å². The van der Waals surface area contributed by atoms with Gasteiger partial charge in [-0.25, -0.2) is 0 Å². The summed E-state index contributed by atoms with van der Waals surface area (Å²) in [5.74, 6) is 5.75. The molecule has 0 saturated carbocycles. The molecule has 0 amide bonds. The lowest BCUT2D eigenvalue weighted by Gasteiger charge is -2.35. The molecular weight excluding hydrogens is 793 g/mol. The second-order valence-electron chi connectivity index (χ2n) is 13.1. The number of fused-ring (bicyclic) bond motifs is 3. The van der Waals surface area contributed by atoms with Gasteiger partial charge in [0.2, 0.25) is 0 Å². The SMILES string of the molecule is COc1cc2c(cc1OC)C(CCCCC(SCC1NCCc3cc(OC)c(OC)cc31)C1NCCc3cc(OC)c(OC)cc31)NCC2.Cl.Cl.Cl.O.O.O. The van der Waals surface area contributed by atoms with Crippen LogP contribution in [0.5, 0.6) is 34.5 Å². The number of unbranched alkanes of at least 4 members (excludes halogenated alkanes) is 1. The Bertz CT molecular complexity index is 1610. The summed E-state index contributed by atoms with van der Waals surface area (Å²) < 4.78 is 34.0. The van der Waals surface area contributed by atoms with Crippen molar-refractivity contribution in [1.29, 1.82) is 0 Å². The average Bonchev–Trinajstić information content (AvgIpc) is 3.15. The first-order chi connectivity index (χ1) is 24.0. The highest BCUT2D eigenvalue weighted by Crippen LogP contribution is 2.43. The Hall–Kier alpha value is -2.56. The molecule has 3 heterocycles. The monoisotopic (exact) mass is 853 g/mol. The van der Waals surface area contributed by atoms with Gasteiger partial charge in [0.1, 0.15) is 0 Å². The standard InChI is InChI=1S/C39H53N3O6S.3ClH.3H2O/c1-43-32-17-24-11-14-40-30(27(24)20-35(32)46-4)9-7-8-10-38(39-29-22-37(48-6)34(45-3)19-26(29)13-16-42-39)49-23-31-28-21-36(47-5)33(44-2)18-25(28)12-15-41-31;;;;;;/h17-22,30-31,38-42H,7-16,23H2,1-6H3;3*1H;3*1H2. The molecule has 0 aromatic heterocycles. The van der Waals surface area contributed by atoms with Crippen LogP contribution in [0.15, 0.2) is 36.4 Å². The predicted octanol–water partition coefficient (Wildman–Crippen LogP) is 5.15. The summed E-state index contributed by atoms with van der Waals surface area (Å²) in [5.41, 5.74) is 8.02. The Labute approximate surface area is 349 Å². The van der Waals surface area contributed by atoms with E-state index in [1.807, 2.05) is 0 Å². The normalized spacial score (nSPS) is 18.1. The number of nitrogens with one attached hydrogen (secondary N) is 3. The maximum Gasteiger partial charge on any atom is 0.161 e. The Kier molecular flexibility index (Phi) is 23.8. The van der Waals surface area contributed by atoms with E-state index < -0.39 is 0 Å². The van der Waals surface area contributed by atoms with Crippen LogP contribution >= 0.6 is 49.0 Å². The van der Waals surface area contributed by atoms with Gasteiger partial charge in [-0.1, -0.05) is 12.8 Å². The zero-order valence-electron chi connectivity index (χ0n) is 32.6. The molecule has 4 unspecified atom stereocenters. The van der Waals surface area contributed by atoms with Gasteiger partial charge < -0.3 is 60.8 Å². The molecule has 9 N–H and O–H groups in total. The maximum absolute atomic E-state index is 5.78. The van der Waals surface area contributed by atoms with Crippen molar-refractivity contribution in [3.8, 4) is 34.5 Å². The summed E-state index contributed by atoms with van der Waals surface area (Å²) in [5, 5.41) is 11.9. The molecule has 3 aromatic rings. The van der Waals surface area contributed by atoms with Crippen molar-refractivity contribution in [1.82, 2.24) is 16.0 Å². The van der Waals surface area contributed by atoms with Crippen molar-refractivity contribution >= 4 is 49.0 Å². The molecule has 3 aliphatic rings. The molecule has 0 saturated heterocycles. The highest BCUT2D eigenvalue weighted by Gasteiger charge is 2.32. The summed E-state index contributed by atoms with van der Waals surface area (Å²) in [6.07, 6.45) is 7.42. The number of methoxy groups -OCH3 is 6. The molecule has 0 fully saturated rings. The van der Waals surface area contributed by atoms with Gasteiger partial charge in [0, 0.05) is 29.1 Å². The topological polar surface area (TPSA) is 186 Å². The first-order valence-corrected chi connectivity index (χ1v) is 18.6. The first-order valence-electron chi connectivity index (χ1n) is 17.6. The van der Waals surface area contributed by atoms with Crippen molar-refractivity contribution < 1.29 is 44.8 Å². The first kappa shape index (κ1) is 52.4. The summed E-state index contributed by atoms with van der Waals surface area (Å²) in [6, 6.07) is 13.8. The van der Waals surface area contributed by atoms with E-state index >= 15 is 0 Å². The van der Waals surface area contributed by atoms with Gasteiger partial charge in [0.15, 0.2) is 34.5 Å². The number of hydrogen-bond acceptors (Lipinski definition) is 10. The van der Waals surface area contributed by atoms with E-state index in [2.05, 4.69) is 64.1 Å². The number of hydrogen-bond donors (Lipinski definition) is 3. The summed E-state index contributed by atoms with van der Waals surface area (Å²) in [6.45, 7) is 2.87. The van der Waals surface area contributed by atoms with Gasteiger partial charge in [-0.15, -0.1) is 37.2 Å². The molecule has 6 rings (SSSR count). The van der Waals surface area contributed by atoms with Crippen molar-refractivity contribution in [2.75, 3.05) is 68.0 Å². The Morgan fingerprint density at radius 3 is 1.38 bits per heavy atom. The van der Waals surface area contributed by atoms with E-state index in [1.165, 1.54) is 33.4 Å². The lowest BCUT2D eigenvalue weighted by molar-refractivity contribution is 0.350. The fraction of sp³-hybridized carbons (Fsp3) is 0.538. The Morgan fingerprint density at radius 1 is 0.527 bits per heavy atom. The van der Waals surface area contributed by atoms with E-state index in [0.717, 1.165) is 105 Å². The minimum atomic E-state index is 0. The molecule has 4 atom stereocenters. The van der Waals surface area contributed by atoms with Crippen LogP contribution in [0.1, 0.15) is 77.2 Å². The second kappa shape index (κ2) is 24.9. The zero-order valence-corrected chi connectivity index (χ0v) is 35.9. The van der Waals surface area contributed by atoms with Crippen LogP contribution in [0.2, 0.25) is 0 Å². The molecule has 3 aliphatic heterocycles. The third kappa shape index (κ3) is 11.8. The van der Waals surface area contributed by atoms with E-state index in [1.54, 1.807) is 42.7 Å². The fourth-order valence-corrected chi connectivity index (χ4v) is 9.36. The number of thioether (sulfide) groups is 1. The Balaban J connectivity index is 0.00000486. The molecule has 314 valence electrons. The fourth-order valence-electron chi connectivity index (χ4n) is 7.85. The number of ether oxygens (including phenoxy) is 6. The van der Waals surface area contributed by atoms with Gasteiger partial charge in [0.05, 0.1) is 42.7 Å². The van der Waals surface area contributed by atoms with Crippen LogP contribution in [-0.4, -0.2) is 89.7 Å². The smallest absolute Gasteiger partial charge is 0.161 e. The van der Waals surface area contributed by atoms with Crippen LogP contribution in [-0.2, 0) is 19.3 Å². The summed E-state index contributed by atoms with van der Waals surface area (Å²) in [7, 11) is 10.3. The van der Waals surface area contributed by atoms with Gasteiger partial charge >= 0.3 is 0 Å². The van der Waals surface area contributed by atoms with Gasteiger partial charge in [0.25, 0.3) is 0 Å². The molecule has 0 bridgehead atoms. The third-order valence-electron chi connectivity index (χ3n) is 10.4. The van der Waals surface area contributed by atoms with Crippen molar-refractivity contribution in [2.24, 2.45) is 0 Å².